The fourth-order valence-electron chi connectivity index (χ4n) is 2.60. The van der Waals surface area contributed by atoms with Gasteiger partial charge >= 0.3 is 0 Å². The van der Waals surface area contributed by atoms with Crippen molar-refractivity contribution in [2.45, 2.75) is 44.6 Å². The Morgan fingerprint density at radius 3 is 3.20 bits per heavy atom. The molecule has 1 atom stereocenters. The van der Waals surface area contributed by atoms with Gasteiger partial charge < -0.3 is 10.7 Å². The Bertz CT molecular complexity index is 634. The third-order valence-electron chi connectivity index (χ3n) is 3.64. The number of imidazole rings is 1. The Morgan fingerprint density at radius 2 is 2.30 bits per heavy atom. The van der Waals surface area contributed by atoms with Crippen LogP contribution in [0.5, 0.6) is 0 Å². The van der Waals surface area contributed by atoms with Crippen LogP contribution in [-0.4, -0.2) is 26.8 Å². The first kappa shape index (κ1) is 13.5. The van der Waals surface area contributed by atoms with Gasteiger partial charge in [-0.2, -0.15) is 0 Å². The van der Waals surface area contributed by atoms with Crippen LogP contribution in [-0.2, 0) is 6.42 Å². The van der Waals surface area contributed by atoms with Crippen LogP contribution in [0, 0.1) is 0 Å². The third-order valence-corrected chi connectivity index (χ3v) is 4.07. The minimum Gasteiger partial charge on any atom is -0.387 e. The number of H-pyrrole nitrogens is 1. The minimum absolute atomic E-state index is 0.338. The summed E-state index contributed by atoms with van der Waals surface area (Å²) in [5.41, 5.74) is 7.62. The van der Waals surface area contributed by atoms with Gasteiger partial charge in [-0.25, -0.2) is 9.97 Å². The van der Waals surface area contributed by atoms with Gasteiger partial charge in [0.1, 0.15) is 11.3 Å². The maximum atomic E-state index is 5.88. The van der Waals surface area contributed by atoms with E-state index in [1.807, 2.05) is 6.07 Å². The van der Waals surface area contributed by atoms with Gasteiger partial charge in [0.2, 0.25) is 0 Å². The lowest BCUT2D eigenvalue weighted by Gasteiger charge is -2.09. The van der Waals surface area contributed by atoms with Crippen molar-refractivity contribution >= 4 is 32.9 Å². The van der Waals surface area contributed by atoms with Gasteiger partial charge in [-0.1, -0.05) is 6.42 Å². The molecule has 20 heavy (non-hydrogen) atoms. The highest BCUT2D eigenvalue weighted by Gasteiger charge is 2.13. The van der Waals surface area contributed by atoms with E-state index >= 15 is 0 Å². The number of nitrogens with zero attached hydrogens (tertiary/aromatic N) is 3. The van der Waals surface area contributed by atoms with Crippen LogP contribution in [0.25, 0.3) is 11.2 Å². The largest absolute Gasteiger partial charge is 0.387 e. The van der Waals surface area contributed by atoms with Crippen molar-refractivity contribution in [1.82, 2.24) is 15.0 Å². The number of hydrogen-bond donors (Lipinski definition) is 2. The van der Waals surface area contributed by atoms with Crippen LogP contribution in [0.15, 0.2) is 21.7 Å². The van der Waals surface area contributed by atoms with E-state index in [0.717, 1.165) is 59.4 Å². The summed E-state index contributed by atoms with van der Waals surface area (Å²) in [5.74, 6) is 1.78. The minimum atomic E-state index is 0.338. The van der Waals surface area contributed by atoms with E-state index < -0.39 is 0 Å². The number of fused-ring (bicyclic) bond motifs is 1. The highest BCUT2D eigenvalue weighted by atomic mass is 79.9. The number of nitrogens with two attached hydrogens (primary N) is 1. The number of nitrogens with one attached hydrogen (secondary N) is 1. The van der Waals surface area contributed by atoms with Crippen molar-refractivity contribution in [1.29, 1.82) is 0 Å². The Balaban J connectivity index is 1.68. The summed E-state index contributed by atoms with van der Waals surface area (Å²) in [7, 11) is 0. The first-order valence-corrected chi connectivity index (χ1v) is 7.82. The molecule has 1 unspecified atom stereocenters. The standard InChI is InChI=1S/C14H18BrN5/c15-9-7-11-14(17-8-9)20-13(19-11)6-5-10-3-1-2-4-12(16)18-10/h7-8,10H,1-6H2,(H2,16,18)(H,17,19,20). The first-order chi connectivity index (χ1) is 9.70. The molecule has 2 aromatic heterocycles. The SMILES string of the molecule is NC1=NC(CCc2nc3cc(Br)cnc3[nH]2)CCCC1. The predicted molar refractivity (Wildman–Crippen MR) is 83.8 cm³/mol. The second-order valence-electron chi connectivity index (χ2n) is 5.26. The van der Waals surface area contributed by atoms with Crippen LogP contribution in [0.2, 0.25) is 0 Å². The summed E-state index contributed by atoms with van der Waals surface area (Å²) in [6, 6.07) is 2.31. The number of aromatic nitrogens is 3. The quantitative estimate of drug-likeness (QED) is 0.904. The van der Waals surface area contributed by atoms with Crippen molar-refractivity contribution < 1.29 is 0 Å². The highest BCUT2D eigenvalue weighted by molar-refractivity contribution is 9.10. The molecule has 3 rings (SSSR count). The van der Waals surface area contributed by atoms with E-state index in [-0.39, 0.29) is 0 Å². The van der Waals surface area contributed by atoms with Crippen molar-refractivity contribution in [2.24, 2.45) is 10.7 Å². The first-order valence-electron chi connectivity index (χ1n) is 7.03. The molecule has 1 aliphatic rings. The lowest BCUT2D eigenvalue weighted by Crippen LogP contribution is -2.14. The van der Waals surface area contributed by atoms with E-state index in [2.05, 4.69) is 35.9 Å². The van der Waals surface area contributed by atoms with Gasteiger partial charge in [0, 0.05) is 23.5 Å². The summed E-state index contributed by atoms with van der Waals surface area (Å²) < 4.78 is 0.948. The smallest absolute Gasteiger partial charge is 0.157 e. The van der Waals surface area contributed by atoms with Crippen LogP contribution in [0.1, 0.15) is 37.9 Å². The highest BCUT2D eigenvalue weighted by Crippen LogP contribution is 2.19. The molecule has 2 aromatic rings. The average Bonchev–Trinajstić information content (AvgIpc) is 2.70. The summed E-state index contributed by atoms with van der Waals surface area (Å²) in [6.07, 6.45) is 8.10. The second kappa shape index (κ2) is 5.91. The number of hydrogen-bond acceptors (Lipinski definition) is 4. The van der Waals surface area contributed by atoms with E-state index in [1.165, 1.54) is 6.42 Å². The van der Waals surface area contributed by atoms with Crippen molar-refractivity contribution in [3.63, 3.8) is 0 Å². The molecule has 3 N–H and O–H groups in total. The number of rotatable bonds is 3. The maximum absolute atomic E-state index is 5.88. The molecule has 0 aliphatic carbocycles. The van der Waals surface area contributed by atoms with Crippen LogP contribution < -0.4 is 5.73 Å². The molecule has 3 heterocycles. The van der Waals surface area contributed by atoms with E-state index in [0.29, 0.717) is 6.04 Å². The summed E-state index contributed by atoms with van der Waals surface area (Å²) in [6.45, 7) is 0. The average molecular weight is 336 g/mol. The monoisotopic (exact) mass is 335 g/mol. The molecular formula is C14H18BrN5. The molecular weight excluding hydrogens is 318 g/mol. The molecule has 0 saturated heterocycles. The molecule has 5 nitrogen and oxygen atoms in total. The molecule has 106 valence electrons. The number of amidine groups is 1. The van der Waals surface area contributed by atoms with E-state index in [4.69, 9.17) is 5.73 Å². The van der Waals surface area contributed by atoms with Gasteiger partial charge in [0.25, 0.3) is 0 Å². The molecule has 6 heteroatoms. The fraction of sp³-hybridized carbons (Fsp3) is 0.500. The van der Waals surface area contributed by atoms with Gasteiger partial charge in [0.05, 0.1) is 11.9 Å². The summed E-state index contributed by atoms with van der Waals surface area (Å²) in [5, 5.41) is 0. The zero-order valence-corrected chi connectivity index (χ0v) is 12.9. The Kier molecular flexibility index (Phi) is 4.00. The summed E-state index contributed by atoms with van der Waals surface area (Å²) >= 11 is 3.41. The lowest BCUT2D eigenvalue weighted by molar-refractivity contribution is 0.548. The number of aromatic amines is 1. The summed E-state index contributed by atoms with van der Waals surface area (Å²) in [4.78, 5) is 16.7. The number of aliphatic imine (C=N–C) groups is 1. The molecule has 0 fully saturated rings. The zero-order chi connectivity index (χ0) is 13.9. The van der Waals surface area contributed by atoms with Gasteiger partial charge in [-0.05, 0) is 41.3 Å². The molecule has 0 bridgehead atoms. The number of pyridine rings is 1. The Labute approximate surface area is 126 Å². The van der Waals surface area contributed by atoms with Crippen LogP contribution >= 0.6 is 15.9 Å². The normalized spacial score (nSPS) is 19.9. The molecule has 0 amide bonds. The molecule has 0 spiro atoms. The molecule has 1 aliphatic heterocycles. The number of halogens is 1. The maximum Gasteiger partial charge on any atom is 0.157 e. The fourth-order valence-corrected chi connectivity index (χ4v) is 2.92. The van der Waals surface area contributed by atoms with Crippen molar-refractivity contribution in [2.75, 3.05) is 0 Å². The Hall–Kier alpha value is -1.43. The zero-order valence-electron chi connectivity index (χ0n) is 11.3. The predicted octanol–water partition coefficient (Wildman–Crippen LogP) is 2.95. The van der Waals surface area contributed by atoms with Crippen LogP contribution in [0.4, 0.5) is 0 Å². The van der Waals surface area contributed by atoms with Gasteiger partial charge in [0.15, 0.2) is 5.65 Å². The van der Waals surface area contributed by atoms with Gasteiger partial charge in [-0.3, -0.25) is 4.99 Å². The van der Waals surface area contributed by atoms with Crippen molar-refractivity contribution in [3.05, 3.63) is 22.6 Å². The lowest BCUT2D eigenvalue weighted by atomic mass is 10.1. The topological polar surface area (TPSA) is 79.9 Å². The third kappa shape index (κ3) is 3.17. The Morgan fingerprint density at radius 1 is 1.40 bits per heavy atom. The van der Waals surface area contributed by atoms with Gasteiger partial charge in [-0.15, -0.1) is 0 Å². The van der Waals surface area contributed by atoms with Crippen molar-refractivity contribution in [3.8, 4) is 0 Å². The van der Waals surface area contributed by atoms with Crippen LogP contribution in [0.3, 0.4) is 0 Å². The molecule has 0 aromatic carbocycles. The molecule has 0 radical (unpaired) electrons. The molecule has 0 saturated carbocycles. The second-order valence-corrected chi connectivity index (χ2v) is 6.18. The van der Waals surface area contributed by atoms with E-state index in [9.17, 15) is 0 Å². The van der Waals surface area contributed by atoms with E-state index in [1.54, 1.807) is 6.20 Å². The number of aryl methyl sites for hydroxylation is 1.